The fourth-order valence-electron chi connectivity index (χ4n) is 1.79. The smallest absolute Gasteiger partial charge is 0.0664 e. The maximum absolute atomic E-state index is 9.45. The molecule has 0 aromatic rings. The fraction of sp³-hybridized carbons (Fsp3) is 1.00. The third-order valence-electron chi connectivity index (χ3n) is 2.36. The monoisotopic (exact) mass is 173 g/mol. The molecule has 0 saturated heterocycles. The van der Waals surface area contributed by atoms with Crippen LogP contribution >= 0.6 is 0 Å². The molecule has 0 rings (SSSR count). The van der Waals surface area contributed by atoms with E-state index in [0.717, 1.165) is 0 Å². The van der Waals surface area contributed by atoms with Gasteiger partial charge in [-0.15, -0.1) is 0 Å². The molecule has 12 heavy (non-hydrogen) atoms. The number of aliphatic hydroxyl groups excluding tert-OH is 1. The topological polar surface area (TPSA) is 23.5 Å². The molecule has 0 aliphatic heterocycles. The molecule has 0 spiro atoms. The largest absolute Gasteiger partial charge is 0.392 e. The first kappa shape index (κ1) is 11.9. The third-order valence-corrected chi connectivity index (χ3v) is 2.36. The van der Waals surface area contributed by atoms with Gasteiger partial charge in [-0.25, -0.2) is 0 Å². The van der Waals surface area contributed by atoms with Gasteiger partial charge >= 0.3 is 0 Å². The van der Waals surface area contributed by atoms with Crippen molar-refractivity contribution < 1.29 is 5.11 Å². The molecule has 0 unspecified atom stereocenters. The molecule has 2 heteroatoms. The van der Waals surface area contributed by atoms with Crippen molar-refractivity contribution >= 4 is 0 Å². The molecule has 0 saturated carbocycles. The minimum absolute atomic E-state index is 0.241. The fourth-order valence-corrected chi connectivity index (χ4v) is 1.79. The second-order valence-electron chi connectivity index (χ2n) is 4.12. The highest BCUT2D eigenvalue weighted by Crippen LogP contribution is 2.12. The summed E-state index contributed by atoms with van der Waals surface area (Å²) in [6.07, 6.45) is -0.255. The number of aliphatic hydroxyl groups is 1. The van der Waals surface area contributed by atoms with Crippen molar-refractivity contribution in [3.8, 4) is 0 Å². The molecule has 1 N–H and O–H groups in total. The van der Waals surface area contributed by atoms with Crippen LogP contribution in [0.2, 0.25) is 0 Å². The molecule has 2 atom stereocenters. The molecule has 74 valence electrons. The first-order valence-corrected chi connectivity index (χ1v) is 4.83. The van der Waals surface area contributed by atoms with Gasteiger partial charge in [-0.1, -0.05) is 0 Å². The van der Waals surface area contributed by atoms with E-state index in [9.17, 15) is 5.11 Å². The minimum atomic E-state index is -0.255. The van der Waals surface area contributed by atoms with E-state index < -0.39 is 0 Å². The Morgan fingerprint density at radius 1 is 0.833 bits per heavy atom. The molecule has 0 aliphatic carbocycles. The summed E-state index contributed by atoms with van der Waals surface area (Å²) in [4.78, 5) is 2.32. The predicted molar refractivity (Wildman–Crippen MR) is 53.3 cm³/mol. The van der Waals surface area contributed by atoms with Crippen molar-refractivity contribution in [1.29, 1.82) is 0 Å². The first-order valence-electron chi connectivity index (χ1n) is 4.83. The zero-order valence-electron chi connectivity index (χ0n) is 9.20. The molecule has 0 aromatic heterocycles. The maximum Gasteiger partial charge on any atom is 0.0664 e. The Kier molecular flexibility index (Phi) is 4.80. The minimum Gasteiger partial charge on any atom is -0.392 e. The van der Waals surface area contributed by atoms with Gasteiger partial charge in [0.2, 0.25) is 0 Å². The Morgan fingerprint density at radius 2 is 1.17 bits per heavy atom. The molecule has 0 heterocycles. The summed E-state index contributed by atoms with van der Waals surface area (Å²) in [6.45, 7) is 12.6. The summed E-state index contributed by atoms with van der Waals surface area (Å²) < 4.78 is 0. The lowest BCUT2D eigenvalue weighted by molar-refractivity contribution is 0.0314. The summed E-state index contributed by atoms with van der Waals surface area (Å²) >= 11 is 0. The number of nitrogens with zero attached hydrogens (tertiary/aromatic N) is 1. The Balaban J connectivity index is 4.30. The summed E-state index contributed by atoms with van der Waals surface area (Å²) in [5.41, 5.74) is 0. The summed E-state index contributed by atoms with van der Waals surface area (Å²) in [5, 5.41) is 9.45. The molecule has 2 nitrogen and oxygen atoms in total. The van der Waals surface area contributed by atoms with Crippen molar-refractivity contribution in [3.05, 3.63) is 0 Å². The van der Waals surface area contributed by atoms with E-state index in [0.29, 0.717) is 12.1 Å². The lowest BCUT2D eigenvalue weighted by Gasteiger charge is -2.37. The van der Waals surface area contributed by atoms with E-state index in [1.54, 1.807) is 0 Å². The van der Waals surface area contributed by atoms with Gasteiger partial charge in [-0.3, -0.25) is 4.90 Å². The Bertz CT molecular complexity index is 113. The van der Waals surface area contributed by atoms with E-state index >= 15 is 0 Å². The van der Waals surface area contributed by atoms with E-state index in [1.807, 2.05) is 6.92 Å². The molecule has 0 amide bonds. The average Bonchev–Trinajstić information content (AvgIpc) is 1.85. The van der Waals surface area contributed by atoms with Crippen LogP contribution in [0.25, 0.3) is 0 Å². The van der Waals surface area contributed by atoms with E-state index in [1.165, 1.54) is 0 Å². The van der Waals surface area contributed by atoms with Gasteiger partial charge in [0.1, 0.15) is 0 Å². The van der Waals surface area contributed by atoms with Crippen LogP contribution in [0.1, 0.15) is 41.5 Å². The lowest BCUT2D eigenvalue weighted by atomic mass is 10.1. The average molecular weight is 173 g/mol. The van der Waals surface area contributed by atoms with Crippen LogP contribution in [0, 0.1) is 0 Å². The molecular formula is C10H23NO. The van der Waals surface area contributed by atoms with E-state index in [2.05, 4.69) is 39.5 Å². The van der Waals surface area contributed by atoms with E-state index in [-0.39, 0.29) is 12.1 Å². The molecule has 0 bridgehead atoms. The third kappa shape index (κ3) is 3.11. The Morgan fingerprint density at radius 3 is 1.25 bits per heavy atom. The first-order chi connectivity index (χ1) is 5.37. The molecule has 0 aliphatic rings. The quantitative estimate of drug-likeness (QED) is 0.701. The van der Waals surface area contributed by atoms with Crippen LogP contribution in [-0.2, 0) is 0 Å². The van der Waals surface area contributed by atoms with Gasteiger partial charge in [-0.05, 0) is 41.5 Å². The lowest BCUT2D eigenvalue weighted by Crippen LogP contribution is -2.48. The van der Waals surface area contributed by atoms with Gasteiger partial charge in [0, 0.05) is 18.1 Å². The zero-order valence-corrected chi connectivity index (χ0v) is 9.20. The van der Waals surface area contributed by atoms with E-state index in [4.69, 9.17) is 0 Å². The Hall–Kier alpha value is -0.0800. The standard InChI is InChI=1S/C10H23NO/c1-7(2)11(8(3)4)9(5)10(6)12/h7-10,12H,1-6H3/t9-,10-/m0/s1. The van der Waals surface area contributed by atoms with Crippen LogP contribution in [0.15, 0.2) is 0 Å². The van der Waals surface area contributed by atoms with Crippen LogP contribution in [0.5, 0.6) is 0 Å². The number of hydrogen-bond donors (Lipinski definition) is 1. The molecule has 0 fully saturated rings. The van der Waals surface area contributed by atoms with Gasteiger partial charge < -0.3 is 5.11 Å². The number of rotatable bonds is 4. The summed E-state index contributed by atoms with van der Waals surface area (Å²) in [7, 11) is 0. The van der Waals surface area contributed by atoms with Crippen molar-refractivity contribution in [2.75, 3.05) is 0 Å². The summed E-state index contributed by atoms with van der Waals surface area (Å²) in [5.74, 6) is 0. The second kappa shape index (κ2) is 4.83. The van der Waals surface area contributed by atoms with Gasteiger partial charge in [0.05, 0.1) is 6.10 Å². The highest BCUT2D eigenvalue weighted by Gasteiger charge is 2.22. The van der Waals surface area contributed by atoms with Crippen LogP contribution in [0.3, 0.4) is 0 Å². The van der Waals surface area contributed by atoms with Crippen molar-refractivity contribution in [3.63, 3.8) is 0 Å². The molecule has 0 aromatic carbocycles. The maximum atomic E-state index is 9.45. The van der Waals surface area contributed by atoms with Crippen LogP contribution < -0.4 is 0 Å². The Labute approximate surface area is 76.6 Å². The highest BCUT2D eigenvalue weighted by molar-refractivity contribution is 4.77. The van der Waals surface area contributed by atoms with Crippen molar-refractivity contribution in [2.24, 2.45) is 0 Å². The van der Waals surface area contributed by atoms with Crippen molar-refractivity contribution in [1.82, 2.24) is 4.90 Å². The normalized spacial score (nSPS) is 17.5. The highest BCUT2D eigenvalue weighted by atomic mass is 16.3. The molecular weight excluding hydrogens is 150 g/mol. The van der Waals surface area contributed by atoms with Crippen LogP contribution in [-0.4, -0.2) is 34.2 Å². The zero-order chi connectivity index (χ0) is 9.89. The SMILES string of the molecule is CC(C)N(C(C)C)[C@@H](C)[C@H](C)O. The summed E-state index contributed by atoms with van der Waals surface area (Å²) in [6, 6.07) is 1.23. The van der Waals surface area contributed by atoms with Crippen LogP contribution in [0.4, 0.5) is 0 Å². The van der Waals surface area contributed by atoms with Gasteiger partial charge in [0.25, 0.3) is 0 Å². The number of hydrogen-bond acceptors (Lipinski definition) is 2. The molecule has 0 radical (unpaired) electrons. The predicted octanol–water partition coefficient (Wildman–Crippen LogP) is 1.87. The van der Waals surface area contributed by atoms with Crippen molar-refractivity contribution in [2.45, 2.75) is 65.8 Å². The van der Waals surface area contributed by atoms with Gasteiger partial charge in [0.15, 0.2) is 0 Å². The second-order valence-corrected chi connectivity index (χ2v) is 4.12. The van der Waals surface area contributed by atoms with Gasteiger partial charge in [-0.2, -0.15) is 0 Å².